The number of thioether (sulfide) groups is 2. The van der Waals surface area contributed by atoms with Gasteiger partial charge in [-0.05, 0) is 246 Å². The fraction of sp³-hybridized carbons (Fsp3) is 0.520. The molecule has 0 aliphatic rings. The Kier molecular flexibility index (Phi) is 68.4. The third kappa shape index (κ3) is 58.5. The first-order chi connectivity index (χ1) is 65.5. The Morgan fingerprint density at radius 2 is 0.561 bits per heavy atom. The number of hydrogen-bond donors (Lipinski definition) is 0. The van der Waals surface area contributed by atoms with Gasteiger partial charge in [0, 0.05) is 76.3 Å². The molecular formula is C125H192N2O6S6. The number of nitrogens with zero attached hydrogens (tertiary/aromatic N) is 2. The first-order valence-electron chi connectivity index (χ1n) is 51.2. The SMILES string of the molecule is CC(C)C(C)(C)c1ccccc1.CC(C)C(C)c1ccccc1.CC(C)C(CCN(C)C)c1ccccc1.CC(C)C(CCS(C)(=O)=O)c1ccccc1.CC(C)C(CCS(C)=O)c1ccccc1.CC(C)C(CN(C)C)c1ccccc1.CC(C)C(CS(C)(=O)=O)c1ccccc1.CC(C)C(CS(C)=O)c1ccccc1.CSCC(c1ccccc1)C(C)C.CSCCC(c1ccccc1)C(C)C. The van der Waals surface area contributed by atoms with Crippen molar-refractivity contribution in [2.45, 2.75) is 244 Å². The Balaban J connectivity index is 0.000000773. The Hall–Kier alpha value is -6.98. The zero-order chi connectivity index (χ0) is 105. The predicted octanol–water partition coefficient (Wildman–Crippen LogP) is 32.7. The third-order valence-corrected chi connectivity index (χ3v) is 31.3. The van der Waals surface area contributed by atoms with Gasteiger partial charge in [0.2, 0.25) is 0 Å². The van der Waals surface area contributed by atoms with E-state index in [0.29, 0.717) is 94.7 Å². The van der Waals surface area contributed by atoms with Gasteiger partial charge in [-0.2, -0.15) is 23.5 Å². The molecule has 0 bridgehead atoms. The molecule has 0 spiro atoms. The molecule has 0 saturated carbocycles. The number of benzene rings is 10. The third-order valence-electron chi connectivity index (χ3n) is 26.4. The van der Waals surface area contributed by atoms with Crippen LogP contribution in [0.4, 0.5) is 0 Å². The van der Waals surface area contributed by atoms with Crippen molar-refractivity contribution in [3.8, 4) is 0 Å². The molecule has 11 atom stereocenters. The van der Waals surface area contributed by atoms with Crippen molar-refractivity contribution >= 4 is 64.8 Å². The van der Waals surface area contributed by atoms with Gasteiger partial charge in [0.05, 0.1) is 11.5 Å². The Morgan fingerprint density at radius 3 is 0.813 bits per heavy atom. The van der Waals surface area contributed by atoms with E-state index in [1.54, 1.807) is 12.5 Å². The van der Waals surface area contributed by atoms with E-state index < -0.39 is 41.3 Å². The molecule has 0 N–H and O–H groups in total. The van der Waals surface area contributed by atoms with E-state index >= 15 is 0 Å². The zero-order valence-corrected chi connectivity index (χ0v) is 97.5. The Bertz CT molecular complexity index is 4890. The summed E-state index contributed by atoms with van der Waals surface area (Å²) in [4.78, 5) is 4.52. The minimum Gasteiger partial charge on any atom is -0.309 e. The van der Waals surface area contributed by atoms with Crippen LogP contribution in [0.2, 0.25) is 0 Å². The van der Waals surface area contributed by atoms with Crippen molar-refractivity contribution in [1.82, 2.24) is 9.80 Å². The van der Waals surface area contributed by atoms with Crippen molar-refractivity contribution in [3.05, 3.63) is 359 Å². The molecule has 139 heavy (non-hydrogen) atoms. The summed E-state index contributed by atoms with van der Waals surface area (Å²) in [6, 6.07) is 106. The molecule has 10 aromatic rings. The van der Waals surface area contributed by atoms with E-state index in [-0.39, 0.29) is 17.4 Å². The van der Waals surface area contributed by atoms with Gasteiger partial charge < -0.3 is 9.80 Å². The monoisotopic (exact) mass is 2010 g/mol. The van der Waals surface area contributed by atoms with Crippen LogP contribution in [-0.2, 0) is 46.7 Å². The molecule has 10 rings (SSSR count). The highest BCUT2D eigenvalue weighted by molar-refractivity contribution is 7.98. The largest absolute Gasteiger partial charge is 0.309 e. The van der Waals surface area contributed by atoms with E-state index in [0.717, 1.165) is 60.3 Å². The molecule has 774 valence electrons. The van der Waals surface area contributed by atoms with Gasteiger partial charge in [0.1, 0.15) is 19.7 Å². The minimum atomic E-state index is -2.92. The molecule has 0 aliphatic carbocycles. The van der Waals surface area contributed by atoms with Crippen molar-refractivity contribution in [2.24, 2.45) is 59.2 Å². The normalized spacial score (nSPS) is 13.8. The van der Waals surface area contributed by atoms with Gasteiger partial charge in [0.25, 0.3) is 0 Å². The van der Waals surface area contributed by atoms with E-state index in [4.69, 9.17) is 0 Å². The second-order valence-corrected chi connectivity index (χ2v) is 51.6. The van der Waals surface area contributed by atoms with Crippen molar-refractivity contribution in [1.29, 1.82) is 0 Å². The predicted molar refractivity (Wildman–Crippen MR) is 626 cm³/mol. The Morgan fingerprint density at radius 1 is 0.295 bits per heavy atom. The molecule has 0 heterocycles. The van der Waals surface area contributed by atoms with Crippen LogP contribution in [0, 0.1) is 59.2 Å². The van der Waals surface area contributed by atoms with Gasteiger partial charge in [-0.15, -0.1) is 0 Å². The molecule has 0 radical (unpaired) electrons. The van der Waals surface area contributed by atoms with E-state index in [1.165, 1.54) is 86.9 Å². The average Bonchev–Trinajstić information content (AvgIpc) is 0.835. The molecular weight excluding hydrogens is 1820 g/mol. The van der Waals surface area contributed by atoms with Crippen LogP contribution in [0.15, 0.2) is 303 Å². The van der Waals surface area contributed by atoms with Crippen LogP contribution in [0.1, 0.15) is 294 Å². The van der Waals surface area contributed by atoms with Crippen molar-refractivity contribution in [2.75, 3.05) is 113 Å². The summed E-state index contributed by atoms with van der Waals surface area (Å²) in [5.74, 6) is 15.6. The molecule has 14 heteroatoms. The fourth-order valence-electron chi connectivity index (χ4n) is 16.6. The number of likely N-dealkylation sites (N-methyl/N-ethyl adjacent to an activating group) is 1. The molecule has 0 fully saturated rings. The second kappa shape index (κ2) is 73.1. The maximum atomic E-state index is 11.3. The number of rotatable bonds is 40. The quantitative estimate of drug-likeness (QED) is 0.0368. The highest BCUT2D eigenvalue weighted by atomic mass is 32.2. The topological polar surface area (TPSA) is 109 Å². The van der Waals surface area contributed by atoms with Gasteiger partial charge in [-0.3, -0.25) is 8.42 Å². The van der Waals surface area contributed by atoms with Gasteiger partial charge >= 0.3 is 0 Å². The molecule has 0 aliphatic heterocycles. The van der Waals surface area contributed by atoms with Crippen LogP contribution in [0.5, 0.6) is 0 Å². The summed E-state index contributed by atoms with van der Waals surface area (Å²) in [5.41, 5.74) is 14.1. The molecule has 10 aromatic carbocycles. The summed E-state index contributed by atoms with van der Waals surface area (Å²) < 4.78 is 67.4. The van der Waals surface area contributed by atoms with E-state index in [2.05, 4.69) is 440 Å². The van der Waals surface area contributed by atoms with E-state index in [9.17, 15) is 25.3 Å². The van der Waals surface area contributed by atoms with Gasteiger partial charge in [-0.25, -0.2) is 16.8 Å². The van der Waals surface area contributed by atoms with E-state index in [1.807, 2.05) is 96.3 Å². The maximum Gasteiger partial charge on any atom is 0.148 e. The minimum absolute atomic E-state index is 0.0983. The summed E-state index contributed by atoms with van der Waals surface area (Å²) in [5, 5.41) is 0. The number of hydrogen-bond acceptors (Lipinski definition) is 10. The molecule has 0 aromatic heterocycles. The Labute approximate surface area is 867 Å². The lowest BCUT2D eigenvalue weighted by Crippen LogP contribution is -2.23. The summed E-state index contributed by atoms with van der Waals surface area (Å²) in [7, 11) is 1.39. The molecule has 0 saturated heterocycles. The lowest BCUT2D eigenvalue weighted by molar-refractivity contribution is 0.330. The van der Waals surface area contributed by atoms with Crippen LogP contribution < -0.4 is 0 Å². The summed E-state index contributed by atoms with van der Waals surface area (Å²) in [6.45, 7) is 53.9. The van der Waals surface area contributed by atoms with Crippen LogP contribution >= 0.6 is 23.5 Å². The lowest BCUT2D eigenvalue weighted by Gasteiger charge is -2.29. The summed E-state index contributed by atoms with van der Waals surface area (Å²) in [6.07, 6.45) is 14.8. The van der Waals surface area contributed by atoms with Crippen LogP contribution in [0.3, 0.4) is 0 Å². The van der Waals surface area contributed by atoms with Crippen molar-refractivity contribution < 1.29 is 25.3 Å². The fourth-order valence-corrected chi connectivity index (χ4v) is 21.6. The first-order valence-corrected chi connectivity index (χ1v) is 61.6. The highest BCUT2D eigenvalue weighted by Crippen LogP contribution is 2.36. The van der Waals surface area contributed by atoms with Crippen molar-refractivity contribution in [3.63, 3.8) is 0 Å². The number of sulfone groups is 2. The highest BCUT2D eigenvalue weighted by Gasteiger charge is 2.26. The molecule has 11 unspecified atom stereocenters. The molecule has 0 amide bonds. The first kappa shape index (κ1) is 130. The summed E-state index contributed by atoms with van der Waals surface area (Å²) >= 11 is 3.87. The van der Waals surface area contributed by atoms with Gasteiger partial charge in [0.15, 0.2) is 0 Å². The smallest absolute Gasteiger partial charge is 0.148 e. The molecule has 8 nitrogen and oxygen atoms in total. The van der Waals surface area contributed by atoms with Crippen LogP contribution in [0.25, 0.3) is 0 Å². The maximum absolute atomic E-state index is 11.3. The second-order valence-electron chi connectivity index (χ2n) is 42.2. The standard InChI is InChI=1S/C14H23N.C13H21N.C13H20O2S.C13H20OS.C13H20S.C12H18O2S.C12H18OS.C12H18S.C12H18.C11H16/c1-12(2)14(10-11-15(3)4)13-8-6-5-7-9-13;1-11(2)13(10-14(3)4)12-8-6-5-7-9-12;1-11(2)13(9-10-16(3,14)15)12-7-5-4-6-8-12;1-11(2)13(9-10-15(3)14)12-7-5-4-6-8-12;1-11(2)13(9-10-14-3)12-7-5-4-6-8-12;1-10(2)12(9-15(3,13)14)11-7-5-4-6-8-11;1-10(2)12(9-14(3)13)11-7-5-4-6-8-11;1-10(2)12(9-13-3)11-7-5-4-6-8-11;1-10(2)12(3,4)11-8-6-5-7-9-11;1-9(2)10(3)11-7-5-4-6-8-11/h5-9,12,14H,10-11H2,1-4H3;5-9,11,13H,10H2,1-4H3;4-8,11,13H,9-10H2,1-3H3;4-8,11,13H,9-10H2,1-3H3;4-8,11,13H,9-10H2,1-3H3;4-8,10,12H,9H2,1-3H3;4-8,10,12H,9H2,1-3H3;4-8,10,12H,9H2,1-3H3;5-10H,1-4H3;4-10H,1-3H3. The lowest BCUT2D eigenvalue weighted by atomic mass is 9.75. The average molecular weight is 2010 g/mol. The van der Waals surface area contributed by atoms with Gasteiger partial charge in [-0.1, -0.05) is 463 Å². The van der Waals surface area contributed by atoms with Crippen LogP contribution in [-0.4, -0.2) is 148 Å². The zero-order valence-electron chi connectivity index (χ0n) is 92.6.